The number of carbonyl (C=O) groups is 1. The molecule has 2 aromatic rings. The summed E-state index contributed by atoms with van der Waals surface area (Å²) < 4.78 is 38.0. The Morgan fingerprint density at radius 1 is 1.03 bits per heavy atom. The van der Waals surface area contributed by atoms with Gasteiger partial charge in [-0.2, -0.15) is 0 Å². The number of aryl methyl sites for hydroxylation is 2. The predicted octanol–water partition coefficient (Wildman–Crippen LogP) is 3.55. The average molecular weight is 475 g/mol. The molecule has 33 heavy (non-hydrogen) atoms. The number of nitrogens with one attached hydrogen (secondary N) is 1. The van der Waals surface area contributed by atoms with Crippen molar-refractivity contribution in [1.82, 2.24) is 9.62 Å². The number of hydrogen-bond donors (Lipinski definition) is 1. The molecule has 1 aliphatic rings. The van der Waals surface area contributed by atoms with Crippen molar-refractivity contribution >= 4 is 15.9 Å². The number of likely N-dealkylation sites (tertiary alicyclic amines) is 1. The molecule has 1 fully saturated rings. The van der Waals surface area contributed by atoms with Gasteiger partial charge >= 0.3 is 0 Å². The number of benzene rings is 2. The highest BCUT2D eigenvalue weighted by Gasteiger charge is 2.23. The SMILES string of the molecule is COc1ccc(S(=O)(=O)NCCC(=O)N2CCC(CCc3ccc(C)cc3)CC2)cc1OC. The van der Waals surface area contributed by atoms with E-state index in [1.807, 2.05) is 4.90 Å². The highest BCUT2D eigenvalue weighted by atomic mass is 32.2. The van der Waals surface area contributed by atoms with Crippen LogP contribution >= 0.6 is 0 Å². The lowest BCUT2D eigenvalue weighted by Crippen LogP contribution is -2.40. The van der Waals surface area contributed by atoms with Crippen LogP contribution in [-0.2, 0) is 21.2 Å². The molecule has 0 aliphatic carbocycles. The Kier molecular flexibility index (Phi) is 8.74. The molecule has 0 unspecified atom stereocenters. The molecule has 180 valence electrons. The number of amides is 1. The molecule has 1 aliphatic heterocycles. The van der Waals surface area contributed by atoms with E-state index in [1.165, 1.54) is 37.5 Å². The quantitative estimate of drug-likeness (QED) is 0.569. The molecule has 3 rings (SSSR count). The fourth-order valence-electron chi connectivity index (χ4n) is 4.11. The average Bonchev–Trinajstić information content (AvgIpc) is 2.83. The van der Waals surface area contributed by atoms with E-state index in [0.717, 1.165) is 38.8 Å². The number of carbonyl (C=O) groups excluding carboxylic acids is 1. The van der Waals surface area contributed by atoms with Crippen LogP contribution in [0.15, 0.2) is 47.4 Å². The Hall–Kier alpha value is -2.58. The minimum atomic E-state index is -3.75. The minimum absolute atomic E-state index is 0.0120. The number of hydrogen-bond acceptors (Lipinski definition) is 5. The summed E-state index contributed by atoms with van der Waals surface area (Å²) in [6.07, 6.45) is 4.33. The number of sulfonamides is 1. The maximum atomic E-state index is 12.6. The van der Waals surface area contributed by atoms with Crippen molar-refractivity contribution in [2.24, 2.45) is 5.92 Å². The summed E-state index contributed by atoms with van der Waals surface area (Å²) in [4.78, 5) is 14.5. The van der Waals surface area contributed by atoms with Crippen molar-refractivity contribution in [3.05, 3.63) is 53.6 Å². The fourth-order valence-corrected chi connectivity index (χ4v) is 5.16. The van der Waals surface area contributed by atoms with Crippen molar-refractivity contribution in [2.75, 3.05) is 33.9 Å². The van der Waals surface area contributed by atoms with Crippen LogP contribution in [0.2, 0.25) is 0 Å². The van der Waals surface area contributed by atoms with E-state index >= 15 is 0 Å². The Morgan fingerprint density at radius 3 is 2.33 bits per heavy atom. The first-order valence-electron chi connectivity index (χ1n) is 11.4. The molecule has 2 aromatic carbocycles. The van der Waals surface area contributed by atoms with E-state index in [4.69, 9.17) is 9.47 Å². The Balaban J connectivity index is 1.41. The summed E-state index contributed by atoms with van der Waals surface area (Å²) in [5.74, 6) is 1.40. The monoisotopic (exact) mass is 474 g/mol. The van der Waals surface area contributed by atoms with Crippen molar-refractivity contribution in [3.63, 3.8) is 0 Å². The Bertz CT molecular complexity index is 1030. The Labute approximate surface area is 197 Å². The molecule has 0 spiro atoms. The topological polar surface area (TPSA) is 84.9 Å². The van der Waals surface area contributed by atoms with Gasteiger partial charge < -0.3 is 14.4 Å². The van der Waals surface area contributed by atoms with Crippen LogP contribution in [0.25, 0.3) is 0 Å². The maximum absolute atomic E-state index is 12.6. The lowest BCUT2D eigenvalue weighted by molar-refractivity contribution is -0.132. The molecular formula is C25H34N2O5S. The third kappa shape index (κ3) is 6.95. The molecule has 8 heteroatoms. The van der Waals surface area contributed by atoms with Gasteiger partial charge in [-0.05, 0) is 56.2 Å². The molecule has 1 heterocycles. The van der Waals surface area contributed by atoms with Crippen molar-refractivity contribution in [1.29, 1.82) is 0 Å². The molecule has 7 nitrogen and oxygen atoms in total. The van der Waals surface area contributed by atoms with Gasteiger partial charge in [0, 0.05) is 32.1 Å². The third-order valence-corrected chi connectivity index (χ3v) is 7.68. The predicted molar refractivity (Wildman–Crippen MR) is 128 cm³/mol. The molecule has 0 aromatic heterocycles. The molecule has 1 saturated heterocycles. The zero-order chi connectivity index (χ0) is 23.8. The second-order valence-corrected chi connectivity index (χ2v) is 10.3. The van der Waals surface area contributed by atoms with Crippen molar-refractivity contribution in [3.8, 4) is 11.5 Å². The second-order valence-electron chi connectivity index (χ2n) is 8.51. The van der Waals surface area contributed by atoms with Crippen molar-refractivity contribution < 1.29 is 22.7 Å². The number of methoxy groups -OCH3 is 2. The summed E-state index contributed by atoms with van der Waals surface area (Å²) in [7, 11) is -0.807. The second kappa shape index (κ2) is 11.5. The van der Waals surface area contributed by atoms with E-state index in [-0.39, 0.29) is 23.8 Å². The van der Waals surface area contributed by atoms with Crippen LogP contribution in [0.5, 0.6) is 11.5 Å². The maximum Gasteiger partial charge on any atom is 0.240 e. The van der Waals surface area contributed by atoms with Gasteiger partial charge in [-0.15, -0.1) is 0 Å². The summed E-state index contributed by atoms with van der Waals surface area (Å²) in [6.45, 7) is 3.63. The van der Waals surface area contributed by atoms with E-state index in [2.05, 4.69) is 35.9 Å². The van der Waals surface area contributed by atoms with E-state index in [0.29, 0.717) is 17.4 Å². The first-order valence-corrected chi connectivity index (χ1v) is 12.9. The normalized spacial score (nSPS) is 14.8. The highest BCUT2D eigenvalue weighted by Crippen LogP contribution is 2.29. The molecule has 0 atom stereocenters. The van der Waals surface area contributed by atoms with Crippen LogP contribution in [0.1, 0.15) is 36.8 Å². The van der Waals surface area contributed by atoms with E-state index in [9.17, 15) is 13.2 Å². The van der Waals surface area contributed by atoms with Gasteiger partial charge in [-0.25, -0.2) is 13.1 Å². The van der Waals surface area contributed by atoms with Crippen LogP contribution < -0.4 is 14.2 Å². The van der Waals surface area contributed by atoms with Gasteiger partial charge in [0.15, 0.2) is 11.5 Å². The van der Waals surface area contributed by atoms with Gasteiger partial charge in [0.05, 0.1) is 19.1 Å². The highest BCUT2D eigenvalue weighted by molar-refractivity contribution is 7.89. The lowest BCUT2D eigenvalue weighted by atomic mass is 9.90. The summed E-state index contributed by atoms with van der Waals surface area (Å²) >= 11 is 0. The first kappa shape index (κ1) is 25.1. The fraction of sp³-hybridized carbons (Fsp3) is 0.480. The molecule has 1 N–H and O–H groups in total. The smallest absolute Gasteiger partial charge is 0.240 e. The van der Waals surface area contributed by atoms with Crippen LogP contribution in [0, 0.1) is 12.8 Å². The number of ether oxygens (including phenoxy) is 2. The number of nitrogens with zero attached hydrogens (tertiary/aromatic N) is 1. The first-order chi connectivity index (χ1) is 15.8. The zero-order valence-corrected chi connectivity index (χ0v) is 20.5. The Morgan fingerprint density at radius 2 is 1.70 bits per heavy atom. The number of piperidine rings is 1. The largest absolute Gasteiger partial charge is 0.493 e. The number of rotatable bonds is 10. The zero-order valence-electron chi connectivity index (χ0n) is 19.7. The van der Waals surface area contributed by atoms with Gasteiger partial charge in [0.2, 0.25) is 15.9 Å². The molecule has 0 saturated carbocycles. The third-order valence-electron chi connectivity index (χ3n) is 6.23. The van der Waals surface area contributed by atoms with E-state index < -0.39 is 10.0 Å². The summed E-state index contributed by atoms with van der Waals surface area (Å²) in [5.41, 5.74) is 2.64. The van der Waals surface area contributed by atoms with Crippen LogP contribution in [0.4, 0.5) is 0 Å². The minimum Gasteiger partial charge on any atom is -0.493 e. The van der Waals surface area contributed by atoms with Crippen LogP contribution in [0.3, 0.4) is 0 Å². The summed E-state index contributed by atoms with van der Waals surface area (Å²) in [5, 5.41) is 0. The summed E-state index contributed by atoms with van der Waals surface area (Å²) in [6, 6.07) is 13.1. The van der Waals surface area contributed by atoms with Gasteiger partial charge in [-0.3, -0.25) is 4.79 Å². The molecule has 0 radical (unpaired) electrons. The van der Waals surface area contributed by atoms with Gasteiger partial charge in [0.25, 0.3) is 0 Å². The molecule has 0 bridgehead atoms. The van der Waals surface area contributed by atoms with Gasteiger partial charge in [-0.1, -0.05) is 29.8 Å². The van der Waals surface area contributed by atoms with Gasteiger partial charge in [0.1, 0.15) is 0 Å². The van der Waals surface area contributed by atoms with Crippen LogP contribution in [-0.4, -0.2) is 53.1 Å². The van der Waals surface area contributed by atoms with Crippen molar-refractivity contribution in [2.45, 2.75) is 43.9 Å². The standard InChI is InChI=1S/C25H34N2O5S/c1-19-4-6-20(7-5-19)8-9-21-13-16-27(17-14-21)25(28)12-15-26-33(29,30)22-10-11-23(31-2)24(18-22)32-3/h4-7,10-11,18,21,26H,8-9,12-17H2,1-3H3. The molecule has 1 amide bonds. The van der Waals surface area contributed by atoms with E-state index in [1.54, 1.807) is 6.07 Å². The molecular weight excluding hydrogens is 440 g/mol. The lowest BCUT2D eigenvalue weighted by Gasteiger charge is -2.32.